The molecule has 8 heteroatoms. The maximum atomic E-state index is 10.7. The lowest BCUT2D eigenvalue weighted by Gasteiger charge is -2.27. The van der Waals surface area contributed by atoms with Gasteiger partial charge < -0.3 is 29.0 Å². The van der Waals surface area contributed by atoms with Crippen molar-refractivity contribution in [1.82, 2.24) is 9.78 Å². The van der Waals surface area contributed by atoms with Crippen LogP contribution in [-0.2, 0) is 13.6 Å². The van der Waals surface area contributed by atoms with Gasteiger partial charge >= 0.3 is 0 Å². The van der Waals surface area contributed by atoms with E-state index in [0.717, 1.165) is 28.5 Å². The first-order valence-electron chi connectivity index (χ1n) is 10.5. The number of aliphatic hydroxyl groups excluding tert-OH is 1. The molecule has 172 valence electrons. The van der Waals surface area contributed by atoms with Crippen molar-refractivity contribution in [3.8, 4) is 23.0 Å². The Labute approximate surface area is 188 Å². The monoisotopic (exact) mass is 441 g/mol. The van der Waals surface area contributed by atoms with Crippen molar-refractivity contribution < 1.29 is 24.1 Å². The number of nitrogens with zero attached hydrogens (tertiary/aromatic N) is 3. The molecule has 0 spiro atoms. The van der Waals surface area contributed by atoms with Gasteiger partial charge in [0.1, 0.15) is 35.7 Å². The van der Waals surface area contributed by atoms with E-state index in [1.165, 1.54) is 0 Å². The van der Waals surface area contributed by atoms with E-state index < -0.39 is 6.10 Å². The molecule has 1 heterocycles. The van der Waals surface area contributed by atoms with Crippen LogP contribution in [0.15, 0.2) is 54.9 Å². The van der Waals surface area contributed by atoms with Crippen molar-refractivity contribution in [1.29, 1.82) is 0 Å². The summed E-state index contributed by atoms with van der Waals surface area (Å²) < 4.78 is 23.8. The molecule has 3 aromatic rings. The van der Waals surface area contributed by atoms with Gasteiger partial charge in [-0.15, -0.1) is 0 Å². The highest BCUT2D eigenvalue weighted by atomic mass is 16.5. The Hall–Kier alpha value is -3.39. The molecule has 2 aromatic carbocycles. The van der Waals surface area contributed by atoms with Crippen molar-refractivity contribution in [2.24, 2.45) is 7.05 Å². The van der Waals surface area contributed by atoms with E-state index in [-0.39, 0.29) is 6.61 Å². The lowest BCUT2D eigenvalue weighted by Crippen LogP contribution is -2.35. The molecule has 0 saturated carbocycles. The zero-order valence-electron chi connectivity index (χ0n) is 19.0. The van der Waals surface area contributed by atoms with Crippen LogP contribution in [-0.4, -0.2) is 55.0 Å². The standard InChI is InChI=1S/C24H31N3O5/c1-5-31-21-8-10-22(11-9-21)32-17-20(28)16-27(19-13-25-26(2)15-19)14-18-6-7-23(29-3)12-24(18)30-4/h6-13,15,20,28H,5,14,16-17H2,1-4H3/t20-/m0/s1. The van der Waals surface area contributed by atoms with E-state index >= 15 is 0 Å². The molecular formula is C24H31N3O5. The molecule has 1 aromatic heterocycles. The van der Waals surface area contributed by atoms with Gasteiger partial charge in [0.25, 0.3) is 0 Å². The third-order valence-electron chi connectivity index (χ3n) is 4.92. The molecule has 8 nitrogen and oxygen atoms in total. The van der Waals surface area contributed by atoms with Crippen molar-refractivity contribution in [3.63, 3.8) is 0 Å². The summed E-state index contributed by atoms with van der Waals surface area (Å²) in [6.45, 7) is 3.60. The van der Waals surface area contributed by atoms with Crippen LogP contribution >= 0.6 is 0 Å². The van der Waals surface area contributed by atoms with Crippen LogP contribution in [0.1, 0.15) is 12.5 Å². The second-order valence-electron chi connectivity index (χ2n) is 7.30. The SMILES string of the molecule is CCOc1ccc(OC[C@@H](O)CN(Cc2ccc(OC)cc2OC)c2cnn(C)c2)cc1. The number of hydrogen-bond acceptors (Lipinski definition) is 7. The molecule has 0 radical (unpaired) electrons. The Balaban J connectivity index is 1.68. The van der Waals surface area contributed by atoms with Gasteiger partial charge in [0, 0.05) is 38.0 Å². The van der Waals surface area contributed by atoms with Gasteiger partial charge in [0.15, 0.2) is 0 Å². The fraction of sp³-hybridized carbons (Fsp3) is 0.375. The van der Waals surface area contributed by atoms with Gasteiger partial charge in [-0.05, 0) is 43.3 Å². The fourth-order valence-electron chi connectivity index (χ4n) is 3.32. The van der Waals surface area contributed by atoms with Crippen molar-refractivity contribution in [2.75, 3.05) is 38.9 Å². The van der Waals surface area contributed by atoms with Crippen LogP contribution in [0, 0.1) is 0 Å². The second-order valence-corrected chi connectivity index (χ2v) is 7.30. The Morgan fingerprint density at radius 1 is 1.00 bits per heavy atom. The molecule has 32 heavy (non-hydrogen) atoms. The minimum atomic E-state index is -0.717. The molecule has 0 aliphatic heterocycles. The number of anilines is 1. The molecule has 3 rings (SSSR count). The van der Waals surface area contributed by atoms with Gasteiger partial charge in [0.2, 0.25) is 0 Å². The second kappa shape index (κ2) is 11.3. The Morgan fingerprint density at radius 2 is 1.69 bits per heavy atom. The first-order chi connectivity index (χ1) is 15.5. The normalized spacial score (nSPS) is 11.7. The summed E-state index contributed by atoms with van der Waals surface area (Å²) in [6, 6.07) is 13.1. The van der Waals surface area contributed by atoms with Crippen LogP contribution in [0.3, 0.4) is 0 Å². The van der Waals surface area contributed by atoms with Gasteiger partial charge in [-0.1, -0.05) is 0 Å². The predicted octanol–water partition coefficient (Wildman–Crippen LogP) is 3.28. The molecule has 0 saturated heterocycles. The average Bonchev–Trinajstić information content (AvgIpc) is 3.24. The lowest BCUT2D eigenvalue weighted by molar-refractivity contribution is 0.112. The van der Waals surface area contributed by atoms with Crippen LogP contribution in [0.25, 0.3) is 0 Å². The number of ether oxygens (including phenoxy) is 4. The highest BCUT2D eigenvalue weighted by molar-refractivity contribution is 5.47. The molecule has 1 atom stereocenters. The van der Waals surface area contributed by atoms with E-state index in [0.29, 0.717) is 25.4 Å². The third-order valence-corrected chi connectivity index (χ3v) is 4.92. The number of aryl methyl sites for hydroxylation is 1. The van der Waals surface area contributed by atoms with E-state index in [1.54, 1.807) is 25.1 Å². The maximum absolute atomic E-state index is 10.7. The summed E-state index contributed by atoms with van der Waals surface area (Å²) in [4.78, 5) is 2.05. The summed E-state index contributed by atoms with van der Waals surface area (Å²) in [5.41, 5.74) is 1.86. The van der Waals surface area contributed by atoms with Crippen LogP contribution < -0.4 is 23.8 Å². The van der Waals surface area contributed by atoms with Crippen molar-refractivity contribution >= 4 is 5.69 Å². The Bertz CT molecular complexity index is 974. The number of methoxy groups -OCH3 is 2. The number of hydrogen-bond donors (Lipinski definition) is 1. The van der Waals surface area contributed by atoms with Gasteiger partial charge in [-0.3, -0.25) is 4.68 Å². The Kier molecular flexibility index (Phi) is 8.21. The average molecular weight is 442 g/mol. The molecule has 0 amide bonds. The van der Waals surface area contributed by atoms with Crippen molar-refractivity contribution in [3.05, 3.63) is 60.4 Å². The highest BCUT2D eigenvalue weighted by Gasteiger charge is 2.18. The van der Waals surface area contributed by atoms with Crippen molar-refractivity contribution in [2.45, 2.75) is 19.6 Å². The molecule has 0 unspecified atom stereocenters. The minimum absolute atomic E-state index is 0.157. The quantitative estimate of drug-likeness (QED) is 0.462. The molecule has 0 fully saturated rings. The molecule has 1 N–H and O–H groups in total. The number of rotatable bonds is 12. The number of aromatic nitrogens is 2. The molecular weight excluding hydrogens is 410 g/mol. The highest BCUT2D eigenvalue weighted by Crippen LogP contribution is 2.27. The smallest absolute Gasteiger partial charge is 0.127 e. The Morgan fingerprint density at radius 3 is 2.28 bits per heavy atom. The van der Waals surface area contributed by atoms with Crippen LogP contribution in [0.5, 0.6) is 23.0 Å². The van der Waals surface area contributed by atoms with E-state index in [4.69, 9.17) is 18.9 Å². The molecule has 0 aliphatic carbocycles. The van der Waals surface area contributed by atoms with Gasteiger partial charge in [0.05, 0.1) is 32.7 Å². The van der Waals surface area contributed by atoms with E-state index in [9.17, 15) is 5.11 Å². The van der Waals surface area contributed by atoms with E-state index in [1.807, 2.05) is 67.5 Å². The zero-order chi connectivity index (χ0) is 22.9. The summed E-state index contributed by atoms with van der Waals surface area (Å²) in [7, 11) is 5.12. The summed E-state index contributed by atoms with van der Waals surface area (Å²) in [5, 5.41) is 15.0. The lowest BCUT2D eigenvalue weighted by atomic mass is 10.1. The largest absolute Gasteiger partial charge is 0.497 e. The van der Waals surface area contributed by atoms with Gasteiger partial charge in [-0.25, -0.2) is 0 Å². The molecule has 0 bridgehead atoms. The molecule has 0 aliphatic rings. The first-order valence-corrected chi connectivity index (χ1v) is 10.5. The van der Waals surface area contributed by atoms with Crippen LogP contribution in [0.2, 0.25) is 0 Å². The maximum Gasteiger partial charge on any atom is 0.127 e. The topological polar surface area (TPSA) is 78.2 Å². The summed E-state index contributed by atoms with van der Waals surface area (Å²) >= 11 is 0. The van der Waals surface area contributed by atoms with Crippen LogP contribution in [0.4, 0.5) is 5.69 Å². The third kappa shape index (κ3) is 6.31. The van der Waals surface area contributed by atoms with Gasteiger partial charge in [-0.2, -0.15) is 5.10 Å². The summed E-state index contributed by atoms with van der Waals surface area (Å²) in [6.07, 6.45) is 2.97. The van der Waals surface area contributed by atoms with E-state index in [2.05, 4.69) is 5.10 Å². The minimum Gasteiger partial charge on any atom is -0.497 e. The number of aliphatic hydroxyl groups is 1. The predicted molar refractivity (Wildman–Crippen MR) is 123 cm³/mol. The zero-order valence-corrected chi connectivity index (χ0v) is 19.0. The number of benzene rings is 2. The summed E-state index contributed by atoms with van der Waals surface area (Å²) in [5.74, 6) is 2.91. The fourth-order valence-corrected chi connectivity index (χ4v) is 3.32. The first kappa shape index (κ1) is 23.3.